The van der Waals surface area contributed by atoms with Gasteiger partial charge >= 0.3 is 53.7 Å². The molecule has 0 spiro atoms. The van der Waals surface area contributed by atoms with Gasteiger partial charge in [-0.3, -0.25) is 96.4 Å². The van der Waals surface area contributed by atoms with Crippen molar-refractivity contribution in [2.24, 2.45) is 5.92 Å². The zero-order valence-corrected chi connectivity index (χ0v) is 88.9. The van der Waals surface area contributed by atoms with E-state index in [1.54, 1.807) is 0 Å². The van der Waals surface area contributed by atoms with Crippen molar-refractivity contribution in [3.8, 4) is 6.07 Å². The van der Waals surface area contributed by atoms with E-state index >= 15 is 0 Å². The van der Waals surface area contributed by atoms with Gasteiger partial charge in [-0.2, -0.15) is 5.26 Å². The van der Waals surface area contributed by atoms with E-state index in [9.17, 15) is 96.4 Å². The average Bonchev–Trinajstić information content (AvgIpc) is 0.792. The topological polar surface area (TPSA) is 656 Å². The Morgan fingerprint density at radius 3 is 0.966 bits per heavy atom. The van der Waals surface area contributed by atoms with Crippen molar-refractivity contribution in [1.82, 2.24) is 57.8 Å². The molecular formula is C96H157N12O39P. The van der Waals surface area contributed by atoms with Gasteiger partial charge in [0.15, 0.2) is 55.5 Å². The van der Waals surface area contributed by atoms with Crippen LogP contribution >= 0.6 is 8.53 Å². The standard InChI is InChI=1S/C96H157N12O39P/c1-58(2)108(59(3)4)148(137-47-23-37-97)147-73-32-30-72(31-33-73)92(127)107-96(56-129-49-35-81(125)102-42-25-39-99-78(122)28-18-21-45-132-94-84(105-61(6)110)90(142-70(15)119)87(139-67(12)116)75(145-94)53-135-64(9)113,57-130-50-36-82(126)103-43-26-40-100-79(123)29-19-22-46-133-95-85(106-62(7)111)91(143-71(16)120)88(140-68(13)117)76(146-95)54-136-65(10)114)55-128-48-34-80(124)101-41-24-38-98-77(121)27-17-20-44-131-93-83(104-51-60(5)109)89(141-69(14)118)86(138-66(11)115)74(144-93)52-134-63(8)112/h58-59,72-76,83-91,93-95,104H,17-36,38-57H2,1-16H3,(H,98,121)(H,99,122)(H,100,123)(H,101,124)(H,102,125)(H,103,126)(H,105,110)(H,106,111)(H,107,127). The molecule has 3 saturated heterocycles. The number of nitriles is 1. The first-order chi connectivity index (χ1) is 70.3. The highest BCUT2D eigenvalue weighted by Gasteiger charge is 2.55. The van der Waals surface area contributed by atoms with Gasteiger partial charge in [0, 0.05) is 192 Å². The molecule has 9 amide bonds. The van der Waals surface area contributed by atoms with Crippen LogP contribution in [0.3, 0.4) is 0 Å². The summed E-state index contributed by atoms with van der Waals surface area (Å²) in [6, 6.07) is -1.23. The fourth-order valence-electron chi connectivity index (χ4n) is 16.1. The molecule has 0 aromatic rings. The van der Waals surface area contributed by atoms with Gasteiger partial charge in [0.2, 0.25) is 53.2 Å². The molecule has 148 heavy (non-hydrogen) atoms. The van der Waals surface area contributed by atoms with Crippen LogP contribution in [-0.4, -0.2) is 365 Å². The monoisotopic (exact) mass is 2130 g/mol. The molecule has 0 radical (unpaired) electrons. The Bertz CT molecular complexity index is 4090. The Hall–Kier alpha value is -10.5. The van der Waals surface area contributed by atoms with Gasteiger partial charge in [0.1, 0.15) is 67.6 Å². The SMILES string of the molecule is CC(=O)CNC1C(OCCCCC(=O)NCCCNC(=O)CCOCC(COCCC(=O)NCCCNC(=O)CCCCOC2OC(COC(C)=O)C(OC(C)=O)C(OC(C)=O)C2NC(C)=O)(COCCC(=O)NCCCNC(=O)CCCCOC2OC(COC(C)=O)C(OC(C)=O)C(OC(C)=O)C2NC(C)=O)NC(=O)C2CCC(OP(OCCC#N)N(C(C)C)C(C)C)CC2)OC(COC(C)=O)C(OC(C)=O)C1OC(C)=O. The zero-order chi connectivity index (χ0) is 110. The lowest BCUT2D eigenvalue weighted by Crippen LogP contribution is -2.66. The van der Waals surface area contributed by atoms with Gasteiger partial charge < -0.3 is 142 Å². The summed E-state index contributed by atoms with van der Waals surface area (Å²) in [6.07, 6.45) is -11.1. The van der Waals surface area contributed by atoms with E-state index in [0.717, 1.165) is 55.4 Å². The largest absolute Gasteiger partial charge is 0.463 e. The third kappa shape index (κ3) is 53.8. The van der Waals surface area contributed by atoms with E-state index in [0.29, 0.717) is 83.5 Å². The highest BCUT2D eigenvalue weighted by Crippen LogP contribution is 2.49. The molecule has 1 aliphatic carbocycles. The van der Waals surface area contributed by atoms with Gasteiger partial charge in [0.25, 0.3) is 8.53 Å². The van der Waals surface area contributed by atoms with Gasteiger partial charge in [-0.25, -0.2) is 4.67 Å². The maximum Gasteiger partial charge on any atom is 0.303 e. The van der Waals surface area contributed by atoms with Gasteiger partial charge in [0.05, 0.1) is 71.4 Å². The number of esters is 9. The smallest absolute Gasteiger partial charge is 0.303 e. The van der Waals surface area contributed by atoms with Crippen molar-refractivity contribution >= 4 is 121 Å². The van der Waals surface area contributed by atoms with Crippen molar-refractivity contribution < 1.29 is 185 Å². The normalized spacial score (nSPS) is 22.6. The molecule has 0 aromatic carbocycles. The first-order valence-corrected chi connectivity index (χ1v) is 51.4. The second kappa shape index (κ2) is 72.1. The maximum atomic E-state index is 14.9. The first kappa shape index (κ1) is 130. The fraction of sp³-hybridized carbons (Fsp3) is 0.792. The van der Waals surface area contributed by atoms with E-state index in [4.69, 9.17) is 94.3 Å². The molecule has 16 unspecified atom stereocenters. The quantitative estimate of drug-likeness (QED) is 0.0178. The number of unbranched alkanes of at least 4 members (excludes halogenated alkanes) is 3. The summed E-state index contributed by atoms with van der Waals surface area (Å²) in [7, 11) is -1.61. The summed E-state index contributed by atoms with van der Waals surface area (Å²) < 4.78 is 119. The predicted molar refractivity (Wildman–Crippen MR) is 517 cm³/mol. The van der Waals surface area contributed by atoms with E-state index in [1.165, 1.54) is 27.7 Å². The second-order valence-electron chi connectivity index (χ2n) is 36.5. The van der Waals surface area contributed by atoms with Gasteiger partial charge in [-0.1, -0.05) is 0 Å². The number of rotatable bonds is 72. The Morgan fingerprint density at radius 2 is 0.676 bits per heavy atom. The summed E-state index contributed by atoms with van der Waals surface area (Å²) in [4.78, 5) is 240. The van der Waals surface area contributed by atoms with Crippen LogP contribution in [0, 0.1) is 17.2 Å². The van der Waals surface area contributed by atoms with Crippen molar-refractivity contribution in [3.63, 3.8) is 0 Å². The molecule has 4 aliphatic rings. The highest BCUT2D eigenvalue weighted by molar-refractivity contribution is 7.44. The zero-order valence-electron chi connectivity index (χ0n) is 88.0. The lowest BCUT2D eigenvalue weighted by atomic mass is 9.86. The minimum absolute atomic E-state index is 0.00895. The molecule has 1 saturated carbocycles. The average molecular weight is 2130 g/mol. The van der Waals surface area contributed by atoms with Gasteiger partial charge in [-0.15, -0.1) is 0 Å². The third-order valence-corrected chi connectivity index (χ3v) is 24.7. The lowest BCUT2D eigenvalue weighted by molar-refractivity contribution is -0.278. The summed E-state index contributed by atoms with van der Waals surface area (Å²) in [6.45, 7) is 20.1. The summed E-state index contributed by atoms with van der Waals surface area (Å²) in [5, 5.41) is 37.6. The Labute approximate surface area is 864 Å². The molecule has 840 valence electrons. The van der Waals surface area contributed by atoms with E-state index in [1.807, 2.05) is 27.7 Å². The number of nitrogens with zero attached hydrogens (tertiary/aromatic N) is 2. The van der Waals surface area contributed by atoms with Crippen LogP contribution in [0.25, 0.3) is 0 Å². The lowest BCUT2D eigenvalue weighted by Gasteiger charge is -2.45. The number of hydrogen-bond acceptors (Lipinski definition) is 42. The molecule has 0 aromatic heterocycles. The number of ether oxygens (including phenoxy) is 18. The van der Waals surface area contributed by atoms with Crippen molar-refractivity contribution in [3.05, 3.63) is 0 Å². The molecule has 10 N–H and O–H groups in total. The van der Waals surface area contributed by atoms with Crippen molar-refractivity contribution in [2.75, 3.05) is 132 Å². The van der Waals surface area contributed by atoms with E-state index in [-0.39, 0.29) is 199 Å². The first-order valence-electron chi connectivity index (χ1n) is 50.2. The number of nitrogens with one attached hydrogen (secondary N) is 10. The molecule has 52 heteroatoms. The van der Waals surface area contributed by atoms with Crippen molar-refractivity contribution in [2.45, 2.75) is 355 Å². The number of Topliss-reactive ketones (excluding diaryl/α,β-unsaturated/α-hetero) is 1. The molecule has 3 heterocycles. The predicted octanol–water partition coefficient (Wildman–Crippen LogP) is 1.35. The van der Waals surface area contributed by atoms with Crippen LogP contribution in [0.4, 0.5) is 0 Å². The second-order valence-corrected chi connectivity index (χ2v) is 37.9. The molecule has 0 bridgehead atoms. The maximum absolute atomic E-state index is 14.9. The van der Waals surface area contributed by atoms with Crippen LogP contribution < -0.4 is 53.2 Å². The Kier molecular flexibility index (Phi) is 63.2. The summed E-state index contributed by atoms with van der Waals surface area (Å²) in [5.41, 5.74) is -1.55. The Morgan fingerprint density at radius 1 is 0.372 bits per heavy atom. The van der Waals surface area contributed by atoms with Crippen LogP contribution in [0.2, 0.25) is 0 Å². The van der Waals surface area contributed by atoms with Crippen LogP contribution in [0.15, 0.2) is 0 Å². The van der Waals surface area contributed by atoms with Crippen LogP contribution in [0.5, 0.6) is 0 Å². The fourth-order valence-corrected chi connectivity index (χ4v) is 17.8. The van der Waals surface area contributed by atoms with Crippen LogP contribution in [-0.2, 0) is 185 Å². The third-order valence-electron chi connectivity index (χ3n) is 22.6. The number of carbonyl (C=O) groups excluding carboxylic acids is 19. The van der Waals surface area contributed by atoms with Gasteiger partial charge in [-0.05, 0) is 118 Å². The number of hydrogen-bond donors (Lipinski definition) is 10. The minimum Gasteiger partial charge on any atom is -0.463 e. The number of ketones is 1. The number of carbonyl (C=O) groups is 19. The molecule has 51 nitrogen and oxygen atoms in total. The summed E-state index contributed by atoms with van der Waals surface area (Å²) >= 11 is 0. The highest BCUT2D eigenvalue weighted by atomic mass is 31.2. The summed E-state index contributed by atoms with van der Waals surface area (Å²) in [5.74, 6) is -11.2. The minimum atomic E-state index is -1.61. The molecule has 4 fully saturated rings. The number of amides is 9. The van der Waals surface area contributed by atoms with E-state index < -0.39 is 221 Å². The molecule has 16 atom stereocenters. The molecule has 4 rings (SSSR count). The van der Waals surface area contributed by atoms with E-state index in [2.05, 4.69) is 63.9 Å². The Balaban J connectivity index is 1.44. The molecule has 3 aliphatic heterocycles. The van der Waals surface area contributed by atoms with Crippen LogP contribution in [0.1, 0.15) is 239 Å². The molecular weight excluding hydrogens is 1980 g/mol. The van der Waals surface area contributed by atoms with Crippen molar-refractivity contribution in [1.29, 1.82) is 5.26 Å².